The van der Waals surface area contributed by atoms with Crippen molar-refractivity contribution in [2.24, 2.45) is 0 Å². The Labute approximate surface area is 659 Å². The Morgan fingerprint density at radius 1 is 0.366 bits per heavy atom. The number of nitrogens with one attached hydrogen (secondary N) is 2. The quantitative estimate of drug-likeness (QED) is 0.0282. The van der Waals surface area contributed by atoms with Crippen LogP contribution in [-0.4, -0.2) is 340 Å². The molecule has 6 fully saturated rings. The highest BCUT2D eigenvalue weighted by atomic mass is 16.8. The van der Waals surface area contributed by atoms with Crippen LogP contribution in [0.4, 0.5) is 0 Å². The van der Waals surface area contributed by atoms with E-state index in [2.05, 4.69) is 24.5 Å². The number of aliphatic hydroxyl groups is 18. The molecule has 6 aliphatic rings. The summed E-state index contributed by atoms with van der Waals surface area (Å²) in [6.45, 7) is 1.26. The summed E-state index contributed by atoms with van der Waals surface area (Å²) in [6, 6.07) is -2.97. The lowest BCUT2D eigenvalue weighted by atomic mass is 9.93. The molecule has 0 aromatic heterocycles. The van der Waals surface area contributed by atoms with E-state index < -0.39 is 242 Å². The van der Waals surface area contributed by atoms with Crippen LogP contribution in [-0.2, 0) is 66.4 Å². The van der Waals surface area contributed by atoms with Gasteiger partial charge in [0.2, 0.25) is 11.8 Å². The van der Waals surface area contributed by atoms with Gasteiger partial charge in [0.25, 0.3) is 0 Å². The Bertz CT molecular complexity index is 2530. The molecule has 6 aliphatic heterocycles. The van der Waals surface area contributed by atoms with E-state index in [0.717, 1.165) is 58.3 Å². The summed E-state index contributed by atoms with van der Waals surface area (Å²) in [6.07, 6.45) is -17.2. The molecule has 12 unspecified atom stereocenters. The van der Waals surface area contributed by atoms with E-state index >= 15 is 0 Å². The minimum Gasteiger partial charge on any atom is -0.394 e. The molecule has 0 aromatic carbocycles. The van der Waals surface area contributed by atoms with Gasteiger partial charge in [0.15, 0.2) is 37.7 Å². The van der Waals surface area contributed by atoms with E-state index in [1.165, 1.54) is 142 Å². The summed E-state index contributed by atoms with van der Waals surface area (Å²) in [5.41, 5.74) is 0. The van der Waals surface area contributed by atoms with Crippen LogP contribution in [0.5, 0.6) is 0 Å². The van der Waals surface area contributed by atoms with E-state index in [-0.39, 0.29) is 12.3 Å². The van der Waals surface area contributed by atoms with Crippen molar-refractivity contribution in [1.29, 1.82) is 0 Å². The summed E-state index contributed by atoms with van der Waals surface area (Å²) < 4.78 is 71.8. The number of carbonyl (C=O) groups excluding carboxylic acids is 2. The minimum atomic E-state index is -2.25. The van der Waals surface area contributed by atoms with Gasteiger partial charge in [-0.15, -0.1) is 0 Å². The second-order valence-corrected chi connectivity index (χ2v) is 31.3. The van der Waals surface area contributed by atoms with Crippen molar-refractivity contribution in [2.45, 2.75) is 429 Å². The van der Waals surface area contributed by atoms with Crippen LogP contribution in [0.3, 0.4) is 0 Å². The van der Waals surface area contributed by atoms with Gasteiger partial charge in [0.05, 0.1) is 57.9 Å². The summed E-state index contributed by atoms with van der Waals surface area (Å²) in [5, 5.41) is 205. The normalized spacial score (nSPS) is 37.3. The molecule has 0 aromatic rings. The van der Waals surface area contributed by atoms with Crippen LogP contribution in [0.2, 0.25) is 0 Å². The zero-order chi connectivity index (χ0) is 81.8. The van der Waals surface area contributed by atoms with Crippen LogP contribution < -0.4 is 10.6 Å². The number of amides is 2. The molecule has 6 heterocycles. The van der Waals surface area contributed by atoms with Crippen molar-refractivity contribution in [3.63, 3.8) is 0 Å². The number of rotatable bonds is 54. The fourth-order valence-electron chi connectivity index (χ4n) is 15.3. The van der Waals surface area contributed by atoms with Crippen molar-refractivity contribution in [3.8, 4) is 0 Å². The lowest BCUT2D eigenvalue weighted by Gasteiger charge is -2.52. The predicted octanol–water partition coefficient (Wildman–Crippen LogP) is 0.0202. The van der Waals surface area contributed by atoms with Gasteiger partial charge < -0.3 is 159 Å². The number of unbranched alkanes of at least 4 members (excludes halogenated alkanes) is 29. The molecule has 20 N–H and O–H groups in total. The monoisotopic (exact) mass is 1620 g/mol. The highest BCUT2D eigenvalue weighted by Crippen LogP contribution is 2.39. The maximum absolute atomic E-state index is 13.6. The van der Waals surface area contributed by atoms with Gasteiger partial charge in [0.1, 0.15) is 140 Å². The molecule has 34 heteroatoms. The molecule has 6 saturated heterocycles. The third-order valence-corrected chi connectivity index (χ3v) is 22.3. The van der Waals surface area contributed by atoms with Crippen molar-refractivity contribution in [2.75, 3.05) is 39.6 Å². The number of hydrogen-bond donors (Lipinski definition) is 20. The number of hydrogen-bond acceptors (Lipinski definition) is 32. The first-order chi connectivity index (χ1) is 53.9. The minimum absolute atomic E-state index is 0.171. The predicted molar refractivity (Wildman–Crippen MR) is 399 cm³/mol. The first-order valence-corrected chi connectivity index (χ1v) is 41.8. The lowest BCUT2D eigenvalue weighted by molar-refractivity contribution is -0.397. The zero-order valence-electron chi connectivity index (χ0n) is 66.3. The van der Waals surface area contributed by atoms with Gasteiger partial charge in [-0.2, -0.15) is 0 Å². The van der Waals surface area contributed by atoms with Crippen LogP contribution in [0, 0.1) is 0 Å². The van der Waals surface area contributed by atoms with Crippen LogP contribution in [0.1, 0.15) is 233 Å². The second-order valence-electron chi connectivity index (χ2n) is 31.3. The third-order valence-electron chi connectivity index (χ3n) is 22.3. The van der Waals surface area contributed by atoms with Crippen molar-refractivity contribution in [3.05, 3.63) is 12.2 Å². The average molecular weight is 1620 g/mol. The molecule has 0 saturated carbocycles. The smallest absolute Gasteiger partial charge is 0.220 e. The molecule has 0 radical (unpaired) electrons. The van der Waals surface area contributed by atoms with Crippen LogP contribution in [0.15, 0.2) is 12.2 Å². The van der Waals surface area contributed by atoms with E-state index in [0.29, 0.717) is 12.8 Å². The Morgan fingerprint density at radius 3 is 1.17 bits per heavy atom. The summed E-state index contributed by atoms with van der Waals surface area (Å²) >= 11 is 0. The maximum atomic E-state index is 13.6. The van der Waals surface area contributed by atoms with Crippen LogP contribution in [0.25, 0.3) is 0 Å². The number of aliphatic hydroxyl groups excluding tert-OH is 18. The van der Waals surface area contributed by atoms with E-state index in [9.17, 15) is 102 Å². The third kappa shape index (κ3) is 30.3. The number of carbonyl (C=O) groups is 2. The van der Waals surface area contributed by atoms with E-state index in [1.807, 2.05) is 6.08 Å². The van der Waals surface area contributed by atoms with Gasteiger partial charge in [-0.05, 0) is 26.2 Å². The van der Waals surface area contributed by atoms with Gasteiger partial charge in [-0.25, -0.2) is 0 Å². The molecule has 0 bridgehead atoms. The molecule has 32 atom stereocenters. The van der Waals surface area contributed by atoms with Gasteiger partial charge in [-0.3, -0.25) is 9.59 Å². The summed E-state index contributed by atoms with van der Waals surface area (Å²) in [7, 11) is 0. The standard InChI is InChI=1S/C78H142N2O32/c1-5-7-9-11-13-15-17-19-20-21-22-23-24-26-28-30-32-34-36-38-54(88)80-47(48(87)37-35-33-31-29-27-25-18-16-14-12-10-8-6-2)44-101-74-65(98)62(95)68(52(42-84)107-74)108-77-66(99)71(58(91)50(40-82)104-77)111-73-55(79-46(4)86)70(110-75-63(96)60(93)56(89)45(3)102-75)69(53(43-85)106-73)109-78-67(100)72(59(92)51(41-83)105-78)112-76-64(97)61(94)57(90)49(39-81)103-76/h35,37,45,47-53,55-78,81-85,87,89-100H,5-34,36,38-44H2,1-4H3,(H,79,86)(H,80,88)/b37-35+/t45?,47-,48+,49?,50?,51?,52?,53?,55?,56+,57-,58-,59-,60?,61-,62+,63-,64?,65?,66?,67?,68+,69+,70+,71-,72-,73-,74+,75+,76+,77-,78-/m0/s1. The van der Waals surface area contributed by atoms with Crippen LogP contribution >= 0.6 is 0 Å². The van der Waals surface area contributed by atoms with Gasteiger partial charge >= 0.3 is 0 Å². The second kappa shape index (κ2) is 53.2. The Hall–Kier alpha value is -2.52. The molecule has 6 rings (SSSR count). The van der Waals surface area contributed by atoms with E-state index in [1.54, 1.807) is 6.08 Å². The van der Waals surface area contributed by atoms with Gasteiger partial charge in [0, 0.05) is 13.3 Å². The largest absolute Gasteiger partial charge is 0.394 e. The van der Waals surface area contributed by atoms with Crippen molar-refractivity contribution >= 4 is 11.8 Å². The number of ether oxygens (including phenoxy) is 12. The average Bonchev–Trinajstić information content (AvgIpc) is 0.763. The number of allylic oxidation sites excluding steroid dienone is 1. The topological polar surface area (TPSA) is 533 Å². The molecule has 0 aliphatic carbocycles. The first-order valence-electron chi connectivity index (χ1n) is 41.8. The molecular formula is C78H142N2O32. The fourth-order valence-corrected chi connectivity index (χ4v) is 15.3. The molecular weight excluding hydrogens is 1480 g/mol. The lowest BCUT2D eigenvalue weighted by Crippen LogP contribution is -2.71. The Balaban J connectivity index is 1.12. The van der Waals surface area contributed by atoms with E-state index in [4.69, 9.17) is 56.8 Å². The molecule has 112 heavy (non-hydrogen) atoms. The fraction of sp³-hybridized carbons (Fsp3) is 0.949. The Kier molecular flexibility index (Phi) is 46.7. The highest BCUT2D eigenvalue weighted by molar-refractivity contribution is 5.76. The summed E-state index contributed by atoms with van der Waals surface area (Å²) in [4.78, 5) is 27.0. The zero-order valence-corrected chi connectivity index (χ0v) is 66.3. The summed E-state index contributed by atoms with van der Waals surface area (Å²) in [5.74, 6) is -1.25. The van der Waals surface area contributed by atoms with Crippen molar-refractivity contribution in [1.82, 2.24) is 10.6 Å². The Morgan fingerprint density at radius 2 is 0.714 bits per heavy atom. The molecule has 656 valence electrons. The molecule has 34 nitrogen and oxygen atoms in total. The highest BCUT2D eigenvalue weighted by Gasteiger charge is 2.59. The first kappa shape index (κ1) is 98.3. The SMILES string of the molecule is CCCCCCCCCCCCC/C=C/[C@@H](O)[C@H](CO[C@@H]1OC(CO)[C@@H](O[C@@H]2OC(CO)[C@H](O)[C@H](O[C@@H]3OC(CO)[C@@H](O[C@@H]4OC(CO)[C@H](O)[C@H](O[C@H]5OC(CO)[C@H](O)[C@H](O)C5O)C4O)[C@H](O[C@H]4OC(C)[C@@H](O)C(O)[C@@H]4O)C3NC(C)=O)C2O)[C@H](O)C1O)NC(=O)CCCCCCCCCCCCCCCCCCCCC. The maximum Gasteiger partial charge on any atom is 0.220 e. The molecule has 2 amide bonds. The molecule has 0 spiro atoms. The van der Waals surface area contributed by atoms with Gasteiger partial charge in [-0.1, -0.05) is 206 Å². The van der Waals surface area contributed by atoms with Crippen molar-refractivity contribution < 1.29 is 158 Å².